The van der Waals surface area contributed by atoms with Gasteiger partial charge in [-0.1, -0.05) is 26.5 Å². The largest absolute Gasteiger partial charge is 0.496 e. The number of amides is 2. The Morgan fingerprint density at radius 3 is 2.33 bits per heavy atom. The van der Waals surface area contributed by atoms with Crippen LogP contribution in [0.2, 0.25) is 0 Å². The smallest absolute Gasteiger partial charge is 0.408 e. The molecule has 1 aliphatic carbocycles. The van der Waals surface area contributed by atoms with E-state index in [9.17, 15) is 24.0 Å². The third-order valence-corrected chi connectivity index (χ3v) is 6.97. The molecule has 1 unspecified atom stereocenters. The van der Waals surface area contributed by atoms with Crippen LogP contribution in [0.3, 0.4) is 0 Å². The molecule has 2 N–H and O–H groups in total. The molecule has 0 bridgehead atoms. The molecule has 2 aromatic rings. The first-order valence-corrected chi connectivity index (χ1v) is 15.1. The standard InChI is InChI=1S/C34H43N3O9/c1-9-22-14-23(17-38)25(15-27(22)43-8)24-12-13-26(30(39)35-16-21-10-11-21)36-29(24)31(40)44-18-20(4)45-32(41)28(19(2)3)37-33(42)46-34(5,6)7/h9,12-15,17,19-21,28H,1,10-11,16,18H2,2-8H3,(H,35,39)(H,37,42)/t20?,28-/m0/s1. The van der Waals surface area contributed by atoms with Gasteiger partial charge in [-0.25, -0.2) is 19.4 Å². The van der Waals surface area contributed by atoms with Crippen molar-refractivity contribution >= 4 is 36.3 Å². The van der Waals surface area contributed by atoms with E-state index in [0.717, 1.165) is 12.8 Å². The number of aromatic nitrogens is 1. The van der Waals surface area contributed by atoms with E-state index >= 15 is 0 Å². The quantitative estimate of drug-likeness (QED) is 0.164. The molecule has 1 aliphatic rings. The van der Waals surface area contributed by atoms with Crippen molar-refractivity contribution in [3.8, 4) is 16.9 Å². The second-order valence-corrected chi connectivity index (χ2v) is 12.5. The highest BCUT2D eigenvalue weighted by molar-refractivity contribution is 6.01. The summed E-state index contributed by atoms with van der Waals surface area (Å²) < 4.78 is 21.7. The van der Waals surface area contributed by atoms with Crippen LogP contribution in [0, 0.1) is 11.8 Å². The van der Waals surface area contributed by atoms with Crippen molar-refractivity contribution in [3.05, 3.63) is 53.4 Å². The van der Waals surface area contributed by atoms with Crippen LogP contribution in [0.5, 0.6) is 5.75 Å². The predicted molar refractivity (Wildman–Crippen MR) is 171 cm³/mol. The average molecular weight is 638 g/mol. The van der Waals surface area contributed by atoms with E-state index in [1.165, 1.54) is 32.2 Å². The first kappa shape index (κ1) is 35.7. The lowest BCUT2D eigenvalue weighted by Gasteiger charge is -2.25. The van der Waals surface area contributed by atoms with E-state index in [4.69, 9.17) is 18.9 Å². The summed E-state index contributed by atoms with van der Waals surface area (Å²) in [6.07, 6.45) is 2.56. The Morgan fingerprint density at radius 2 is 1.76 bits per heavy atom. The van der Waals surface area contributed by atoms with Gasteiger partial charge in [-0.15, -0.1) is 0 Å². The van der Waals surface area contributed by atoms with Crippen molar-refractivity contribution in [2.45, 2.75) is 72.1 Å². The number of alkyl carbamates (subject to hydrolysis) is 1. The van der Waals surface area contributed by atoms with Gasteiger partial charge in [-0.2, -0.15) is 0 Å². The van der Waals surface area contributed by atoms with Gasteiger partial charge in [-0.3, -0.25) is 9.59 Å². The van der Waals surface area contributed by atoms with Crippen LogP contribution >= 0.6 is 0 Å². The van der Waals surface area contributed by atoms with Gasteiger partial charge in [0.1, 0.15) is 35.8 Å². The predicted octanol–water partition coefficient (Wildman–Crippen LogP) is 4.99. The van der Waals surface area contributed by atoms with Crippen LogP contribution in [0.15, 0.2) is 30.8 Å². The molecule has 1 heterocycles. The SMILES string of the molecule is C=Cc1cc(C=O)c(-c2ccc(C(=O)NCC3CC3)nc2C(=O)OCC(C)OC(=O)[C@@H](NC(=O)OC(C)(C)C)C(C)C)cc1OC. The molecule has 1 fully saturated rings. The number of nitrogens with zero attached hydrogens (tertiary/aromatic N) is 1. The molecular formula is C34H43N3O9. The summed E-state index contributed by atoms with van der Waals surface area (Å²) in [4.78, 5) is 68.0. The molecule has 12 heteroatoms. The summed E-state index contributed by atoms with van der Waals surface area (Å²) in [5, 5.41) is 5.35. The van der Waals surface area contributed by atoms with Gasteiger partial charge >= 0.3 is 18.0 Å². The number of hydrogen-bond donors (Lipinski definition) is 2. The third kappa shape index (κ3) is 9.88. The number of esters is 2. The molecule has 1 aromatic heterocycles. The first-order chi connectivity index (χ1) is 21.7. The van der Waals surface area contributed by atoms with E-state index in [2.05, 4.69) is 22.2 Å². The normalized spacial score (nSPS) is 14.0. The number of aldehydes is 1. The number of hydrogen-bond acceptors (Lipinski definition) is 10. The van der Waals surface area contributed by atoms with Gasteiger partial charge in [-0.05, 0) is 82.2 Å². The van der Waals surface area contributed by atoms with E-state index in [1.807, 2.05) is 0 Å². The van der Waals surface area contributed by atoms with Crippen LogP contribution in [-0.4, -0.2) is 73.2 Å². The number of pyridine rings is 1. The molecule has 0 radical (unpaired) electrons. The number of methoxy groups -OCH3 is 1. The van der Waals surface area contributed by atoms with Gasteiger partial charge in [0.2, 0.25) is 0 Å². The maximum Gasteiger partial charge on any atom is 0.408 e. The van der Waals surface area contributed by atoms with Gasteiger partial charge in [0.05, 0.1) is 7.11 Å². The van der Waals surface area contributed by atoms with Crippen LogP contribution in [0.4, 0.5) is 4.79 Å². The van der Waals surface area contributed by atoms with Gasteiger partial charge in [0.15, 0.2) is 12.0 Å². The van der Waals surface area contributed by atoms with Crippen molar-refractivity contribution in [3.63, 3.8) is 0 Å². The van der Waals surface area contributed by atoms with Crippen LogP contribution < -0.4 is 15.4 Å². The fourth-order valence-electron chi connectivity index (χ4n) is 4.39. The minimum absolute atomic E-state index is 0.00820. The molecule has 0 saturated heterocycles. The molecule has 46 heavy (non-hydrogen) atoms. The number of carbonyl (C=O) groups is 5. The Labute approximate surface area is 269 Å². The molecule has 248 valence electrons. The summed E-state index contributed by atoms with van der Waals surface area (Å²) in [5.74, 6) is -1.60. The molecular weight excluding hydrogens is 594 g/mol. The first-order valence-electron chi connectivity index (χ1n) is 15.1. The fraction of sp³-hybridized carbons (Fsp3) is 0.471. The molecule has 12 nitrogen and oxygen atoms in total. The lowest BCUT2D eigenvalue weighted by Crippen LogP contribution is -2.48. The summed E-state index contributed by atoms with van der Waals surface area (Å²) in [5.41, 5.74) is 0.367. The monoisotopic (exact) mass is 637 g/mol. The molecule has 2 amide bonds. The van der Waals surface area contributed by atoms with Gasteiger partial charge < -0.3 is 29.6 Å². The second-order valence-electron chi connectivity index (χ2n) is 12.5. The average Bonchev–Trinajstić information content (AvgIpc) is 3.84. The molecule has 2 atom stereocenters. The van der Waals surface area contributed by atoms with E-state index in [-0.39, 0.29) is 35.0 Å². The Balaban J connectivity index is 1.84. The number of nitrogens with one attached hydrogen (secondary N) is 2. The number of rotatable bonds is 14. The maximum atomic E-state index is 13.5. The Hall–Kier alpha value is -4.74. The number of benzene rings is 1. The third-order valence-electron chi connectivity index (χ3n) is 6.97. The van der Waals surface area contributed by atoms with Crippen molar-refractivity contribution in [1.29, 1.82) is 0 Å². The zero-order valence-electron chi connectivity index (χ0n) is 27.4. The van der Waals surface area contributed by atoms with Gasteiger partial charge in [0.25, 0.3) is 5.91 Å². The summed E-state index contributed by atoms with van der Waals surface area (Å²) in [7, 11) is 1.46. The van der Waals surface area contributed by atoms with E-state index in [0.29, 0.717) is 35.6 Å². The summed E-state index contributed by atoms with van der Waals surface area (Å²) in [6.45, 7) is 14.0. The highest BCUT2D eigenvalue weighted by Gasteiger charge is 2.30. The van der Waals surface area contributed by atoms with E-state index in [1.54, 1.807) is 46.8 Å². The van der Waals surface area contributed by atoms with Crippen molar-refractivity contribution in [2.75, 3.05) is 20.3 Å². The van der Waals surface area contributed by atoms with Crippen molar-refractivity contribution in [1.82, 2.24) is 15.6 Å². The topological polar surface area (TPSA) is 159 Å². The van der Waals surface area contributed by atoms with Crippen molar-refractivity contribution < 1.29 is 42.9 Å². The Morgan fingerprint density at radius 1 is 1.07 bits per heavy atom. The van der Waals surface area contributed by atoms with Crippen LogP contribution in [0.1, 0.15) is 91.3 Å². The molecule has 1 aromatic carbocycles. The zero-order valence-corrected chi connectivity index (χ0v) is 27.4. The highest BCUT2D eigenvalue weighted by Crippen LogP contribution is 2.33. The maximum absolute atomic E-state index is 13.5. The van der Waals surface area contributed by atoms with Gasteiger partial charge in [0, 0.05) is 23.2 Å². The van der Waals surface area contributed by atoms with Crippen LogP contribution in [-0.2, 0) is 19.0 Å². The molecule has 3 rings (SSSR count). The lowest BCUT2D eigenvalue weighted by atomic mass is 9.95. The zero-order chi connectivity index (χ0) is 34.2. The minimum Gasteiger partial charge on any atom is -0.496 e. The minimum atomic E-state index is -1.01. The van der Waals surface area contributed by atoms with Crippen LogP contribution in [0.25, 0.3) is 17.2 Å². The molecule has 0 aliphatic heterocycles. The van der Waals surface area contributed by atoms with Crippen molar-refractivity contribution in [2.24, 2.45) is 11.8 Å². The summed E-state index contributed by atoms with van der Waals surface area (Å²) in [6, 6.07) is 5.12. The number of carbonyl (C=O) groups excluding carboxylic acids is 5. The lowest BCUT2D eigenvalue weighted by molar-refractivity contribution is -0.154. The number of ether oxygens (including phenoxy) is 4. The van der Waals surface area contributed by atoms with E-state index < -0.39 is 41.7 Å². The second kappa shape index (κ2) is 15.5. The Bertz CT molecular complexity index is 1470. The Kier molecular flexibility index (Phi) is 12.0. The summed E-state index contributed by atoms with van der Waals surface area (Å²) >= 11 is 0. The molecule has 1 saturated carbocycles. The highest BCUT2D eigenvalue weighted by atomic mass is 16.6. The molecule has 0 spiro atoms. The fourth-order valence-corrected chi connectivity index (χ4v) is 4.39.